The van der Waals surface area contributed by atoms with Gasteiger partial charge in [0, 0.05) is 51.2 Å². The van der Waals surface area contributed by atoms with E-state index in [9.17, 15) is 14.4 Å². The molecule has 0 saturated carbocycles. The van der Waals surface area contributed by atoms with Crippen molar-refractivity contribution in [1.82, 2.24) is 14.5 Å². The minimum Gasteiger partial charge on any atom is -0.385 e. The van der Waals surface area contributed by atoms with Gasteiger partial charge in [-0.2, -0.15) is 0 Å². The highest BCUT2D eigenvalue weighted by molar-refractivity contribution is 7.71. The second-order valence-electron chi connectivity index (χ2n) is 7.23. The van der Waals surface area contributed by atoms with E-state index >= 15 is 0 Å². The number of H-pyrrole nitrogens is 1. The molecule has 0 aliphatic carbocycles. The standard InChI is InChI=1S/C22H24N4O4S/c1-25(2)20(28)15-6-4-7-16(12-15)23-19(27)14-8-9-17-18(13-14)24-22(31)26(21(17)29)10-5-11-30-3/h4,6-9,12-13H,5,10-11H2,1-3H3,(H,23,27)(H,24,31). The number of ether oxygens (including phenoxy) is 1. The molecule has 0 fully saturated rings. The molecule has 0 spiro atoms. The first-order valence-electron chi connectivity index (χ1n) is 9.70. The minimum absolute atomic E-state index is 0.156. The lowest BCUT2D eigenvalue weighted by Crippen LogP contribution is -2.23. The summed E-state index contributed by atoms with van der Waals surface area (Å²) in [4.78, 5) is 42.1. The number of anilines is 1. The number of aromatic amines is 1. The van der Waals surface area contributed by atoms with Crippen molar-refractivity contribution in [2.75, 3.05) is 33.1 Å². The van der Waals surface area contributed by atoms with Crippen LogP contribution >= 0.6 is 12.2 Å². The molecule has 9 heteroatoms. The molecule has 3 aromatic rings. The topological polar surface area (TPSA) is 96.4 Å². The molecule has 0 aliphatic heterocycles. The maximum atomic E-state index is 12.8. The summed E-state index contributed by atoms with van der Waals surface area (Å²) in [6.45, 7) is 0.974. The Kier molecular flexibility index (Phi) is 6.98. The van der Waals surface area contributed by atoms with Crippen LogP contribution in [0.4, 0.5) is 5.69 Å². The molecule has 1 aromatic heterocycles. The van der Waals surface area contributed by atoms with Crippen LogP contribution < -0.4 is 10.9 Å². The first-order chi connectivity index (χ1) is 14.8. The molecule has 0 bridgehead atoms. The first kappa shape index (κ1) is 22.4. The Morgan fingerprint density at radius 3 is 2.65 bits per heavy atom. The number of hydrogen-bond acceptors (Lipinski definition) is 5. The van der Waals surface area contributed by atoms with Gasteiger partial charge in [0.2, 0.25) is 0 Å². The molecule has 2 aromatic carbocycles. The number of nitrogens with one attached hydrogen (secondary N) is 2. The third-order valence-corrected chi connectivity index (χ3v) is 5.07. The lowest BCUT2D eigenvalue weighted by atomic mass is 10.1. The lowest BCUT2D eigenvalue weighted by Gasteiger charge is -2.12. The van der Waals surface area contributed by atoms with E-state index in [0.717, 1.165) is 0 Å². The van der Waals surface area contributed by atoms with Gasteiger partial charge in [0.1, 0.15) is 0 Å². The molecule has 31 heavy (non-hydrogen) atoms. The van der Waals surface area contributed by atoms with Gasteiger partial charge in [0.15, 0.2) is 4.77 Å². The summed E-state index contributed by atoms with van der Waals surface area (Å²) in [6, 6.07) is 11.5. The van der Waals surface area contributed by atoms with E-state index in [1.54, 1.807) is 63.7 Å². The van der Waals surface area contributed by atoms with Gasteiger partial charge in [0.25, 0.3) is 17.4 Å². The summed E-state index contributed by atoms with van der Waals surface area (Å²) in [5, 5.41) is 3.23. The largest absolute Gasteiger partial charge is 0.385 e. The molecule has 0 unspecified atom stereocenters. The van der Waals surface area contributed by atoms with E-state index in [4.69, 9.17) is 17.0 Å². The van der Waals surface area contributed by atoms with Crippen LogP contribution in [0.5, 0.6) is 0 Å². The van der Waals surface area contributed by atoms with Crippen molar-refractivity contribution in [3.05, 3.63) is 68.7 Å². The number of rotatable bonds is 7. The number of aromatic nitrogens is 2. The van der Waals surface area contributed by atoms with E-state index in [0.29, 0.717) is 52.1 Å². The number of fused-ring (bicyclic) bond motifs is 1. The Bertz CT molecular complexity index is 1250. The van der Waals surface area contributed by atoms with Crippen LogP contribution in [-0.4, -0.2) is 54.1 Å². The Morgan fingerprint density at radius 2 is 1.94 bits per heavy atom. The lowest BCUT2D eigenvalue weighted by molar-refractivity contribution is 0.0827. The number of carbonyl (C=O) groups is 2. The molecule has 162 valence electrons. The maximum absolute atomic E-state index is 12.8. The third-order valence-electron chi connectivity index (χ3n) is 4.75. The highest BCUT2D eigenvalue weighted by Crippen LogP contribution is 2.16. The predicted molar refractivity (Wildman–Crippen MR) is 122 cm³/mol. The second kappa shape index (κ2) is 9.67. The Hall–Kier alpha value is -3.30. The van der Waals surface area contributed by atoms with Crippen molar-refractivity contribution in [2.45, 2.75) is 13.0 Å². The SMILES string of the molecule is COCCCn1c(=S)[nH]c2cc(C(=O)Nc3cccc(C(=O)N(C)C)c3)ccc2c1=O. The van der Waals surface area contributed by atoms with Gasteiger partial charge in [-0.3, -0.25) is 19.0 Å². The van der Waals surface area contributed by atoms with E-state index in [1.165, 1.54) is 9.47 Å². The molecule has 0 atom stereocenters. The van der Waals surface area contributed by atoms with Crippen molar-refractivity contribution in [3.63, 3.8) is 0 Å². The zero-order chi connectivity index (χ0) is 22.5. The fraction of sp³-hybridized carbons (Fsp3) is 0.273. The highest BCUT2D eigenvalue weighted by atomic mass is 32.1. The van der Waals surface area contributed by atoms with Crippen molar-refractivity contribution in [1.29, 1.82) is 0 Å². The highest BCUT2D eigenvalue weighted by Gasteiger charge is 2.13. The molecule has 8 nitrogen and oxygen atoms in total. The number of methoxy groups -OCH3 is 1. The minimum atomic E-state index is -0.361. The summed E-state index contributed by atoms with van der Waals surface area (Å²) in [5.74, 6) is -0.517. The molecule has 3 rings (SSSR count). The molecule has 2 amide bonds. The van der Waals surface area contributed by atoms with Crippen LogP contribution in [0.2, 0.25) is 0 Å². The number of benzene rings is 2. The van der Waals surface area contributed by atoms with Crippen LogP contribution in [-0.2, 0) is 11.3 Å². The van der Waals surface area contributed by atoms with Crippen molar-refractivity contribution in [2.24, 2.45) is 0 Å². The quantitative estimate of drug-likeness (QED) is 0.435. The van der Waals surface area contributed by atoms with Gasteiger partial charge in [-0.25, -0.2) is 0 Å². The number of carbonyl (C=O) groups excluding carboxylic acids is 2. The zero-order valence-corrected chi connectivity index (χ0v) is 18.4. The molecule has 0 radical (unpaired) electrons. The molecular weight excluding hydrogens is 416 g/mol. The summed E-state index contributed by atoms with van der Waals surface area (Å²) in [7, 11) is 4.93. The first-order valence-corrected chi connectivity index (χ1v) is 10.1. The van der Waals surface area contributed by atoms with Crippen LogP contribution in [0.3, 0.4) is 0 Å². The number of amides is 2. The monoisotopic (exact) mass is 440 g/mol. The van der Waals surface area contributed by atoms with Crippen LogP contribution in [0.15, 0.2) is 47.3 Å². The summed E-state index contributed by atoms with van der Waals surface area (Å²) in [5.41, 5.74) is 1.61. The smallest absolute Gasteiger partial charge is 0.262 e. The van der Waals surface area contributed by atoms with Gasteiger partial charge in [0.05, 0.1) is 10.9 Å². The van der Waals surface area contributed by atoms with Gasteiger partial charge >= 0.3 is 0 Å². The summed E-state index contributed by atoms with van der Waals surface area (Å²) >= 11 is 5.32. The summed E-state index contributed by atoms with van der Waals surface area (Å²) in [6.07, 6.45) is 0.662. The van der Waals surface area contributed by atoms with Gasteiger partial charge in [-0.15, -0.1) is 0 Å². The van der Waals surface area contributed by atoms with Gasteiger partial charge in [-0.1, -0.05) is 6.07 Å². The molecule has 0 aliphatic rings. The molecule has 0 saturated heterocycles. The molecule has 1 heterocycles. The van der Waals surface area contributed by atoms with Crippen molar-refractivity contribution >= 4 is 40.6 Å². The Labute approximate surface area is 184 Å². The van der Waals surface area contributed by atoms with E-state index in [1.807, 2.05) is 0 Å². The summed E-state index contributed by atoms with van der Waals surface area (Å²) < 4.78 is 6.81. The Balaban J connectivity index is 1.87. The average molecular weight is 441 g/mol. The van der Waals surface area contributed by atoms with Crippen molar-refractivity contribution < 1.29 is 14.3 Å². The van der Waals surface area contributed by atoms with E-state index in [2.05, 4.69) is 10.3 Å². The zero-order valence-electron chi connectivity index (χ0n) is 17.6. The fourth-order valence-electron chi connectivity index (χ4n) is 3.16. The van der Waals surface area contributed by atoms with Crippen LogP contribution in [0.25, 0.3) is 10.9 Å². The van der Waals surface area contributed by atoms with Crippen LogP contribution in [0, 0.1) is 4.77 Å². The third kappa shape index (κ3) is 5.07. The predicted octanol–water partition coefficient (Wildman–Crippen LogP) is 3.05. The van der Waals surface area contributed by atoms with E-state index < -0.39 is 0 Å². The Morgan fingerprint density at radius 1 is 1.16 bits per heavy atom. The fourth-order valence-corrected chi connectivity index (χ4v) is 3.44. The number of nitrogens with zero attached hydrogens (tertiary/aromatic N) is 2. The van der Waals surface area contributed by atoms with E-state index in [-0.39, 0.29) is 17.4 Å². The average Bonchev–Trinajstić information content (AvgIpc) is 2.75. The second-order valence-corrected chi connectivity index (χ2v) is 7.61. The van der Waals surface area contributed by atoms with Crippen molar-refractivity contribution in [3.8, 4) is 0 Å². The van der Waals surface area contributed by atoms with Crippen LogP contribution in [0.1, 0.15) is 27.1 Å². The molecular formula is C22H24N4O4S. The maximum Gasteiger partial charge on any atom is 0.262 e. The normalized spacial score (nSPS) is 10.8. The van der Waals surface area contributed by atoms with Gasteiger partial charge in [-0.05, 0) is 55.0 Å². The van der Waals surface area contributed by atoms with Gasteiger partial charge < -0.3 is 19.9 Å². The number of hydrogen-bond donors (Lipinski definition) is 2. The molecule has 2 N–H and O–H groups in total.